The Balaban J connectivity index is 4.05. The Hall–Kier alpha value is 0.180. The third-order valence-corrected chi connectivity index (χ3v) is 4.55. The molecule has 3 N–H and O–H groups in total. The second-order valence-electron chi connectivity index (χ2n) is 3.36. The smallest absolute Gasteiger partial charge is 0.279 e. The van der Waals surface area contributed by atoms with E-state index in [1.54, 1.807) is 18.8 Å². The van der Waals surface area contributed by atoms with Gasteiger partial charge in [-0.3, -0.25) is 0 Å². The number of nitrogens with zero attached hydrogens (tertiary/aromatic N) is 1. The molecule has 0 radical (unpaired) electrons. The van der Waals surface area contributed by atoms with Crippen LogP contribution < -0.4 is 10.5 Å². The number of hydrogen-bond acceptors (Lipinski definition) is 4. The van der Waals surface area contributed by atoms with Gasteiger partial charge in [0, 0.05) is 25.4 Å². The quantitative estimate of drug-likeness (QED) is 0.633. The highest BCUT2D eigenvalue weighted by Gasteiger charge is 2.16. The highest BCUT2D eigenvalue weighted by molar-refractivity contribution is 7.99. The van der Waals surface area contributed by atoms with E-state index in [1.165, 1.54) is 4.31 Å². The minimum absolute atomic E-state index is 0.280. The SMILES string of the molecule is CSC(C)CNS(=O)(=O)N(C)CCCN. The molecule has 0 heterocycles. The Bertz CT molecular complexity index is 257. The van der Waals surface area contributed by atoms with Crippen molar-refractivity contribution in [3.63, 3.8) is 0 Å². The molecule has 0 saturated heterocycles. The van der Waals surface area contributed by atoms with E-state index in [-0.39, 0.29) is 5.25 Å². The summed E-state index contributed by atoms with van der Waals surface area (Å²) in [7, 11) is -1.77. The summed E-state index contributed by atoms with van der Waals surface area (Å²) in [6.07, 6.45) is 2.63. The van der Waals surface area contributed by atoms with Crippen LogP contribution in [0.5, 0.6) is 0 Å². The Morgan fingerprint density at radius 1 is 1.53 bits per heavy atom. The fraction of sp³-hybridized carbons (Fsp3) is 1.00. The van der Waals surface area contributed by atoms with Gasteiger partial charge in [-0.05, 0) is 19.2 Å². The number of thioether (sulfide) groups is 1. The van der Waals surface area contributed by atoms with Gasteiger partial charge in [0.25, 0.3) is 10.2 Å². The molecule has 0 fully saturated rings. The van der Waals surface area contributed by atoms with Gasteiger partial charge in [-0.1, -0.05) is 6.92 Å². The van der Waals surface area contributed by atoms with Crippen LogP contribution in [-0.2, 0) is 10.2 Å². The molecule has 15 heavy (non-hydrogen) atoms. The van der Waals surface area contributed by atoms with E-state index < -0.39 is 10.2 Å². The first kappa shape index (κ1) is 15.2. The van der Waals surface area contributed by atoms with Gasteiger partial charge in [-0.2, -0.15) is 24.5 Å². The predicted molar refractivity (Wildman–Crippen MR) is 66.2 cm³/mol. The van der Waals surface area contributed by atoms with Crippen LogP contribution in [0, 0.1) is 0 Å². The lowest BCUT2D eigenvalue weighted by Gasteiger charge is -2.18. The Morgan fingerprint density at radius 2 is 2.13 bits per heavy atom. The van der Waals surface area contributed by atoms with Crippen LogP contribution in [0.2, 0.25) is 0 Å². The molecular weight excluding hydrogens is 234 g/mol. The van der Waals surface area contributed by atoms with Crippen molar-refractivity contribution in [2.75, 3.05) is 32.9 Å². The summed E-state index contributed by atoms with van der Waals surface area (Å²) in [4.78, 5) is 0. The maximum atomic E-state index is 11.6. The van der Waals surface area contributed by atoms with Crippen molar-refractivity contribution < 1.29 is 8.42 Å². The number of nitrogens with two attached hydrogens (primary N) is 1. The van der Waals surface area contributed by atoms with Gasteiger partial charge < -0.3 is 5.73 Å². The van der Waals surface area contributed by atoms with Crippen LogP contribution >= 0.6 is 11.8 Å². The average Bonchev–Trinajstić information content (AvgIpc) is 2.22. The van der Waals surface area contributed by atoms with E-state index in [1.807, 2.05) is 13.2 Å². The topological polar surface area (TPSA) is 75.4 Å². The monoisotopic (exact) mass is 255 g/mol. The maximum Gasteiger partial charge on any atom is 0.279 e. The van der Waals surface area contributed by atoms with Crippen molar-refractivity contribution in [1.82, 2.24) is 9.03 Å². The number of rotatable bonds is 8. The first-order valence-electron chi connectivity index (χ1n) is 4.87. The van der Waals surface area contributed by atoms with Gasteiger partial charge in [0.15, 0.2) is 0 Å². The zero-order valence-corrected chi connectivity index (χ0v) is 11.2. The fourth-order valence-electron chi connectivity index (χ4n) is 0.850. The summed E-state index contributed by atoms with van der Waals surface area (Å²) in [5, 5.41) is 0.280. The van der Waals surface area contributed by atoms with Crippen molar-refractivity contribution in [3.05, 3.63) is 0 Å². The molecule has 0 aliphatic carbocycles. The molecule has 0 bridgehead atoms. The van der Waals surface area contributed by atoms with Crippen molar-refractivity contribution in [2.45, 2.75) is 18.6 Å². The normalized spacial score (nSPS) is 14.5. The van der Waals surface area contributed by atoms with Gasteiger partial charge in [0.05, 0.1) is 0 Å². The standard InChI is InChI=1S/C8H21N3O2S2/c1-8(14-3)7-10-15(12,13)11(2)6-4-5-9/h8,10H,4-7,9H2,1-3H3. The minimum atomic E-state index is -3.32. The van der Waals surface area contributed by atoms with Crippen LogP contribution in [0.3, 0.4) is 0 Å². The summed E-state index contributed by atoms with van der Waals surface area (Å²) in [5.74, 6) is 0. The second-order valence-corrected chi connectivity index (χ2v) is 6.50. The van der Waals surface area contributed by atoms with E-state index in [0.717, 1.165) is 0 Å². The van der Waals surface area contributed by atoms with E-state index in [2.05, 4.69) is 4.72 Å². The third-order valence-electron chi connectivity index (χ3n) is 2.04. The largest absolute Gasteiger partial charge is 0.330 e. The minimum Gasteiger partial charge on any atom is -0.330 e. The molecule has 0 aromatic heterocycles. The van der Waals surface area contributed by atoms with Gasteiger partial charge in [0.1, 0.15) is 0 Å². The third kappa shape index (κ3) is 6.36. The van der Waals surface area contributed by atoms with Crippen LogP contribution in [0.15, 0.2) is 0 Å². The van der Waals surface area contributed by atoms with E-state index >= 15 is 0 Å². The maximum absolute atomic E-state index is 11.6. The average molecular weight is 255 g/mol. The molecular formula is C8H21N3O2S2. The summed E-state index contributed by atoms with van der Waals surface area (Å²) in [6.45, 7) is 3.39. The molecule has 0 aromatic rings. The molecule has 0 aromatic carbocycles. The molecule has 1 unspecified atom stereocenters. The van der Waals surface area contributed by atoms with Crippen LogP contribution in [0.25, 0.3) is 0 Å². The molecule has 7 heteroatoms. The van der Waals surface area contributed by atoms with E-state index in [4.69, 9.17) is 5.73 Å². The number of hydrogen-bond donors (Lipinski definition) is 2. The zero-order valence-electron chi connectivity index (χ0n) is 9.56. The Kier molecular flexibility index (Phi) is 7.54. The van der Waals surface area contributed by atoms with E-state index in [9.17, 15) is 8.42 Å². The van der Waals surface area contributed by atoms with Gasteiger partial charge in [-0.15, -0.1) is 0 Å². The lowest BCUT2D eigenvalue weighted by Crippen LogP contribution is -2.41. The van der Waals surface area contributed by atoms with Gasteiger partial charge in [-0.25, -0.2) is 4.72 Å². The molecule has 92 valence electrons. The summed E-state index contributed by atoms with van der Waals surface area (Å²) >= 11 is 1.63. The van der Waals surface area contributed by atoms with Crippen molar-refractivity contribution in [2.24, 2.45) is 5.73 Å². The van der Waals surface area contributed by atoms with Crippen LogP contribution in [0.1, 0.15) is 13.3 Å². The van der Waals surface area contributed by atoms with E-state index in [0.29, 0.717) is 26.1 Å². The van der Waals surface area contributed by atoms with Gasteiger partial charge >= 0.3 is 0 Å². The molecule has 1 atom stereocenters. The zero-order chi connectivity index (χ0) is 11.9. The predicted octanol–water partition coefficient (Wildman–Crippen LogP) is -0.147. The molecule has 0 saturated carbocycles. The summed E-state index contributed by atoms with van der Waals surface area (Å²) < 4.78 is 27.1. The molecule has 0 amide bonds. The van der Waals surface area contributed by atoms with Gasteiger partial charge in [0.2, 0.25) is 0 Å². The molecule has 0 spiro atoms. The Morgan fingerprint density at radius 3 is 2.60 bits per heavy atom. The number of nitrogens with one attached hydrogen (secondary N) is 1. The molecule has 0 aliphatic rings. The first-order valence-corrected chi connectivity index (χ1v) is 7.60. The highest BCUT2D eigenvalue weighted by atomic mass is 32.2. The lowest BCUT2D eigenvalue weighted by atomic mass is 10.4. The Labute approximate surface area is 97.0 Å². The second kappa shape index (κ2) is 7.45. The molecule has 0 rings (SSSR count). The molecule has 0 aliphatic heterocycles. The summed E-state index contributed by atoms with van der Waals surface area (Å²) in [5.41, 5.74) is 5.32. The van der Waals surface area contributed by atoms with Crippen molar-refractivity contribution in [1.29, 1.82) is 0 Å². The summed E-state index contributed by atoms with van der Waals surface area (Å²) in [6, 6.07) is 0. The van der Waals surface area contributed by atoms with Crippen LogP contribution in [-0.4, -0.2) is 50.9 Å². The van der Waals surface area contributed by atoms with Crippen molar-refractivity contribution in [3.8, 4) is 0 Å². The first-order chi connectivity index (χ1) is 6.94. The van der Waals surface area contributed by atoms with Crippen LogP contribution in [0.4, 0.5) is 0 Å². The van der Waals surface area contributed by atoms with Crippen molar-refractivity contribution >= 4 is 22.0 Å². The lowest BCUT2D eigenvalue weighted by molar-refractivity contribution is 0.453. The molecule has 5 nitrogen and oxygen atoms in total. The highest BCUT2D eigenvalue weighted by Crippen LogP contribution is 2.04. The fourth-order valence-corrected chi connectivity index (χ4v) is 2.26.